The number of hydrogen-bond acceptors (Lipinski definition) is 5. The van der Waals surface area contributed by atoms with E-state index in [4.69, 9.17) is 16.7 Å². The Kier molecular flexibility index (Phi) is 3.73. The molecule has 0 atom stereocenters. The van der Waals surface area contributed by atoms with Crippen LogP contribution in [0.2, 0.25) is 4.34 Å². The fourth-order valence-corrected chi connectivity index (χ4v) is 2.16. The lowest BCUT2D eigenvalue weighted by molar-refractivity contribution is -0.138. The zero-order valence-corrected chi connectivity index (χ0v) is 10.2. The van der Waals surface area contributed by atoms with Crippen molar-refractivity contribution in [2.24, 2.45) is 5.92 Å². The first-order valence-corrected chi connectivity index (χ1v) is 6.21. The maximum Gasteiger partial charge on any atom is 0.317 e. The van der Waals surface area contributed by atoms with Crippen LogP contribution in [0.4, 0.5) is 0 Å². The highest BCUT2D eigenvalue weighted by Gasteiger charge is 2.26. The number of aliphatic carboxylic acids is 1. The van der Waals surface area contributed by atoms with Crippen molar-refractivity contribution in [3.8, 4) is 0 Å². The SMILES string of the molecule is O=C(O)CN(Cc1nnsc1Cl)CC1CC1. The highest BCUT2D eigenvalue weighted by Crippen LogP contribution is 2.30. The summed E-state index contributed by atoms with van der Waals surface area (Å²) < 4.78 is 4.28. The van der Waals surface area contributed by atoms with Crippen molar-refractivity contribution in [2.45, 2.75) is 19.4 Å². The third-order valence-corrected chi connectivity index (χ3v) is 3.44. The van der Waals surface area contributed by atoms with Crippen LogP contribution in [0.15, 0.2) is 0 Å². The lowest BCUT2D eigenvalue weighted by Gasteiger charge is -2.18. The van der Waals surface area contributed by atoms with Crippen molar-refractivity contribution in [1.82, 2.24) is 14.5 Å². The van der Waals surface area contributed by atoms with Gasteiger partial charge < -0.3 is 5.11 Å². The van der Waals surface area contributed by atoms with E-state index >= 15 is 0 Å². The molecule has 0 spiro atoms. The Labute approximate surface area is 102 Å². The number of carboxylic acid groups (broad SMARTS) is 1. The van der Waals surface area contributed by atoms with Gasteiger partial charge in [0, 0.05) is 24.6 Å². The largest absolute Gasteiger partial charge is 0.480 e. The van der Waals surface area contributed by atoms with E-state index in [1.165, 1.54) is 12.8 Å². The monoisotopic (exact) mass is 261 g/mol. The Balaban J connectivity index is 1.94. The fraction of sp³-hybridized carbons (Fsp3) is 0.667. The number of halogens is 1. The molecule has 0 saturated heterocycles. The molecule has 0 radical (unpaired) electrons. The molecule has 1 aliphatic rings. The predicted molar refractivity (Wildman–Crippen MR) is 60.6 cm³/mol. The number of aromatic nitrogens is 2. The predicted octanol–water partition coefficient (Wildman–Crippen LogP) is 1.49. The summed E-state index contributed by atoms with van der Waals surface area (Å²) in [6.45, 7) is 1.31. The van der Waals surface area contributed by atoms with Crippen LogP contribution in [0.25, 0.3) is 0 Å². The van der Waals surface area contributed by atoms with E-state index in [1.54, 1.807) is 0 Å². The fourth-order valence-electron chi connectivity index (χ4n) is 1.54. The molecule has 1 aliphatic carbocycles. The van der Waals surface area contributed by atoms with Crippen LogP contribution < -0.4 is 0 Å². The summed E-state index contributed by atoms with van der Waals surface area (Å²) in [4.78, 5) is 12.6. The highest BCUT2D eigenvalue weighted by atomic mass is 35.5. The minimum atomic E-state index is -0.819. The number of rotatable bonds is 6. The van der Waals surface area contributed by atoms with Gasteiger partial charge in [0.2, 0.25) is 0 Å². The standard InChI is InChI=1S/C9H12ClN3O2S/c10-9-7(11-12-16-9)4-13(5-8(14)15)3-6-1-2-6/h6H,1-5H2,(H,14,15). The third-order valence-electron chi connectivity index (χ3n) is 2.45. The molecule has 0 aromatic carbocycles. The second-order valence-electron chi connectivity index (χ2n) is 4.00. The number of carbonyl (C=O) groups is 1. The molecule has 5 nitrogen and oxygen atoms in total. The van der Waals surface area contributed by atoms with E-state index in [0.717, 1.165) is 18.1 Å². The quantitative estimate of drug-likeness (QED) is 0.840. The molecule has 1 N–H and O–H groups in total. The smallest absolute Gasteiger partial charge is 0.317 e. The summed E-state index contributed by atoms with van der Waals surface area (Å²) in [6.07, 6.45) is 2.39. The summed E-state index contributed by atoms with van der Waals surface area (Å²) in [7, 11) is 0. The van der Waals surface area contributed by atoms with Crippen LogP contribution in [-0.2, 0) is 11.3 Å². The average Bonchev–Trinajstić information content (AvgIpc) is 2.91. The van der Waals surface area contributed by atoms with E-state index in [0.29, 0.717) is 22.5 Å². The van der Waals surface area contributed by atoms with Crippen molar-refractivity contribution in [3.63, 3.8) is 0 Å². The molecular formula is C9H12ClN3O2S. The summed E-state index contributed by atoms with van der Waals surface area (Å²) >= 11 is 7.02. The van der Waals surface area contributed by atoms with Gasteiger partial charge in [-0.15, -0.1) is 5.10 Å². The zero-order valence-electron chi connectivity index (χ0n) is 8.60. The first-order valence-electron chi connectivity index (χ1n) is 5.06. The Morgan fingerprint density at radius 3 is 2.88 bits per heavy atom. The number of hydrogen-bond donors (Lipinski definition) is 1. The van der Waals surface area contributed by atoms with Gasteiger partial charge in [0.15, 0.2) is 0 Å². The lowest BCUT2D eigenvalue weighted by atomic mass is 10.3. The van der Waals surface area contributed by atoms with Crippen molar-refractivity contribution in [3.05, 3.63) is 10.0 Å². The Hall–Kier alpha value is -0.720. The van der Waals surface area contributed by atoms with Crippen LogP contribution >= 0.6 is 23.1 Å². The van der Waals surface area contributed by atoms with E-state index in [-0.39, 0.29) is 6.54 Å². The zero-order chi connectivity index (χ0) is 11.5. The van der Waals surface area contributed by atoms with Crippen molar-refractivity contribution in [1.29, 1.82) is 0 Å². The van der Waals surface area contributed by atoms with Crippen LogP contribution in [0.5, 0.6) is 0 Å². The summed E-state index contributed by atoms with van der Waals surface area (Å²) in [5, 5.41) is 12.7. The Morgan fingerprint density at radius 1 is 1.62 bits per heavy atom. The van der Waals surface area contributed by atoms with E-state index < -0.39 is 5.97 Å². The topological polar surface area (TPSA) is 66.3 Å². The maximum atomic E-state index is 10.7. The second kappa shape index (κ2) is 5.07. The summed E-state index contributed by atoms with van der Waals surface area (Å²) in [5.41, 5.74) is 0.675. The maximum absolute atomic E-state index is 10.7. The van der Waals surface area contributed by atoms with E-state index in [9.17, 15) is 4.79 Å². The molecule has 0 bridgehead atoms. The van der Waals surface area contributed by atoms with Gasteiger partial charge in [0.05, 0.1) is 6.54 Å². The van der Waals surface area contributed by atoms with Gasteiger partial charge in [-0.2, -0.15) is 0 Å². The molecule has 0 aliphatic heterocycles. The molecule has 88 valence electrons. The average molecular weight is 262 g/mol. The molecule has 1 aromatic rings. The molecule has 7 heteroatoms. The van der Waals surface area contributed by atoms with Crippen molar-refractivity contribution in [2.75, 3.05) is 13.1 Å². The van der Waals surface area contributed by atoms with Gasteiger partial charge in [-0.1, -0.05) is 16.1 Å². The summed E-state index contributed by atoms with van der Waals surface area (Å²) in [6, 6.07) is 0. The van der Waals surface area contributed by atoms with E-state index in [2.05, 4.69) is 9.59 Å². The van der Waals surface area contributed by atoms with Crippen LogP contribution in [0, 0.1) is 5.92 Å². The molecule has 1 saturated carbocycles. The van der Waals surface area contributed by atoms with Gasteiger partial charge in [-0.05, 0) is 18.8 Å². The van der Waals surface area contributed by atoms with Gasteiger partial charge in [0.1, 0.15) is 10.0 Å². The van der Waals surface area contributed by atoms with Crippen LogP contribution in [0.1, 0.15) is 18.5 Å². The summed E-state index contributed by atoms with van der Waals surface area (Å²) in [5.74, 6) is -0.176. The van der Waals surface area contributed by atoms with Crippen molar-refractivity contribution < 1.29 is 9.90 Å². The number of carboxylic acids is 1. The van der Waals surface area contributed by atoms with Gasteiger partial charge in [0.25, 0.3) is 0 Å². The van der Waals surface area contributed by atoms with Crippen LogP contribution in [0.3, 0.4) is 0 Å². The van der Waals surface area contributed by atoms with Crippen molar-refractivity contribution >= 4 is 29.1 Å². The molecule has 0 amide bonds. The van der Waals surface area contributed by atoms with Gasteiger partial charge in [-0.25, -0.2) is 0 Å². The molecule has 1 aromatic heterocycles. The van der Waals surface area contributed by atoms with Gasteiger partial charge in [-0.3, -0.25) is 9.69 Å². The molecule has 1 heterocycles. The minimum absolute atomic E-state index is 0.0321. The number of nitrogens with zero attached hydrogens (tertiary/aromatic N) is 3. The Morgan fingerprint density at radius 2 is 2.38 bits per heavy atom. The third kappa shape index (κ3) is 3.40. The van der Waals surface area contributed by atoms with Gasteiger partial charge >= 0.3 is 5.97 Å². The molecule has 16 heavy (non-hydrogen) atoms. The Bertz CT molecular complexity index is 381. The molecular weight excluding hydrogens is 250 g/mol. The molecule has 1 fully saturated rings. The normalized spacial score (nSPS) is 15.6. The lowest BCUT2D eigenvalue weighted by Crippen LogP contribution is -2.31. The molecule has 2 rings (SSSR count). The second-order valence-corrected chi connectivity index (χ2v) is 5.36. The van der Waals surface area contributed by atoms with E-state index in [1.807, 2.05) is 4.90 Å². The minimum Gasteiger partial charge on any atom is -0.480 e. The first-order chi connectivity index (χ1) is 7.65. The molecule has 0 unspecified atom stereocenters. The first kappa shape index (κ1) is 11.8. The highest BCUT2D eigenvalue weighted by molar-refractivity contribution is 7.10. The van der Waals surface area contributed by atoms with Crippen LogP contribution in [-0.4, -0.2) is 38.7 Å².